The molecule has 2 aromatic carbocycles. The lowest BCUT2D eigenvalue weighted by Crippen LogP contribution is -2.30. The smallest absolute Gasteiger partial charge is 0.264 e. The predicted octanol–water partition coefficient (Wildman–Crippen LogP) is 4.16. The molecule has 0 aliphatic rings. The molecule has 0 aliphatic carbocycles. The van der Waals surface area contributed by atoms with Gasteiger partial charge in [0.25, 0.3) is 5.91 Å². The van der Waals surface area contributed by atoms with Crippen LogP contribution < -0.4 is 14.4 Å². The first kappa shape index (κ1) is 21.8. The van der Waals surface area contributed by atoms with Crippen LogP contribution in [0.3, 0.4) is 0 Å². The highest BCUT2D eigenvalue weighted by Gasteiger charge is 2.27. The molecule has 0 N–H and O–H groups in total. The fraction of sp³-hybridized carbons (Fsp3) is 0.182. The number of hydrogen-bond acceptors (Lipinski definition) is 8. The largest absolute Gasteiger partial charge is 0.493 e. The Bertz CT molecular complexity index is 1380. The maximum absolute atomic E-state index is 13.6. The Labute approximate surface area is 188 Å². The standard InChI is InChI=1S/C22H20N2O6S2/c1-28-18-8-4-7-16(20(18)29-2)21(25)24(13-14-6-5-11-30-14)22-23-17-10-9-15(32(3,26)27)12-19(17)31-22/h4-12H,13H2,1-3H3. The third-order valence-electron chi connectivity index (χ3n) is 4.78. The fourth-order valence-corrected chi connectivity index (χ4v) is 4.95. The normalized spacial score (nSPS) is 11.5. The van der Waals surface area contributed by atoms with Gasteiger partial charge >= 0.3 is 0 Å². The van der Waals surface area contributed by atoms with E-state index in [2.05, 4.69) is 4.98 Å². The molecular formula is C22H20N2O6S2. The molecule has 0 aliphatic heterocycles. The second-order valence-electron chi connectivity index (χ2n) is 6.91. The molecule has 0 bridgehead atoms. The molecule has 0 atom stereocenters. The van der Waals surface area contributed by atoms with E-state index in [-0.39, 0.29) is 17.3 Å². The minimum atomic E-state index is -3.37. The van der Waals surface area contributed by atoms with E-state index in [1.54, 1.807) is 42.5 Å². The molecular weight excluding hydrogens is 452 g/mol. The fourth-order valence-electron chi connectivity index (χ4n) is 3.22. The van der Waals surface area contributed by atoms with Gasteiger partial charge in [0, 0.05) is 6.26 Å². The lowest BCUT2D eigenvalue weighted by molar-refractivity contribution is 0.0979. The first-order chi connectivity index (χ1) is 15.3. The lowest BCUT2D eigenvalue weighted by atomic mass is 10.1. The van der Waals surface area contributed by atoms with Crippen LogP contribution in [0.1, 0.15) is 16.1 Å². The van der Waals surface area contributed by atoms with Gasteiger partial charge in [0.15, 0.2) is 26.5 Å². The van der Waals surface area contributed by atoms with Crippen molar-refractivity contribution in [1.29, 1.82) is 0 Å². The molecule has 4 aromatic rings. The highest BCUT2D eigenvalue weighted by molar-refractivity contribution is 7.90. The number of aromatic nitrogens is 1. The number of benzene rings is 2. The van der Waals surface area contributed by atoms with Crippen LogP contribution in [0.5, 0.6) is 11.5 Å². The number of rotatable bonds is 7. The average Bonchev–Trinajstić information content (AvgIpc) is 3.44. The number of fused-ring (bicyclic) bond motifs is 1. The van der Waals surface area contributed by atoms with Crippen LogP contribution in [-0.4, -0.2) is 39.8 Å². The van der Waals surface area contributed by atoms with Crippen molar-refractivity contribution in [3.8, 4) is 11.5 Å². The van der Waals surface area contributed by atoms with E-state index in [0.717, 1.165) is 6.26 Å². The zero-order chi connectivity index (χ0) is 22.9. The van der Waals surface area contributed by atoms with Crippen LogP contribution in [0.25, 0.3) is 10.2 Å². The Kier molecular flexibility index (Phi) is 5.90. The monoisotopic (exact) mass is 472 g/mol. The van der Waals surface area contributed by atoms with Crippen molar-refractivity contribution in [3.05, 3.63) is 66.1 Å². The van der Waals surface area contributed by atoms with Gasteiger partial charge in [-0.05, 0) is 42.5 Å². The summed E-state index contributed by atoms with van der Waals surface area (Å²) >= 11 is 1.22. The Morgan fingerprint density at radius 3 is 2.59 bits per heavy atom. The quantitative estimate of drug-likeness (QED) is 0.398. The Hall–Kier alpha value is -3.37. The first-order valence-electron chi connectivity index (χ1n) is 9.47. The highest BCUT2D eigenvalue weighted by Crippen LogP contribution is 2.36. The second-order valence-corrected chi connectivity index (χ2v) is 9.93. The third-order valence-corrected chi connectivity index (χ3v) is 6.93. The number of thiazole rings is 1. The number of carbonyl (C=O) groups excluding carboxylic acids is 1. The topological polar surface area (TPSA) is 98.9 Å². The van der Waals surface area contributed by atoms with Crippen molar-refractivity contribution in [2.75, 3.05) is 25.4 Å². The number of carbonyl (C=O) groups is 1. The molecule has 4 rings (SSSR count). The van der Waals surface area contributed by atoms with Crippen LogP contribution in [-0.2, 0) is 16.4 Å². The van der Waals surface area contributed by atoms with Gasteiger partial charge in [-0.15, -0.1) is 0 Å². The summed E-state index contributed by atoms with van der Waals surface area (Å²) in [5, 5.41) is 0.400. The van der Waals surface area contributed by atoms with Gasteiger partial charge in [0.05, 0.1) is 47.7 Å². The Morgan fingerprint density at radius 1 is 1.12 bits per heavy atom. The summed E-state index contributed by atoms with van der Waals surface area (Å²) in [6.45, 7) is 0.130. The highest BCUT2D eigenvalue weighted by atomic mass is 32.2. The van der Waals surface area contributed by atoms with E-state index in [1.165, 1.54) is 42.8 Å². The molecule has 0 radical (unpaired) electrons. The van der Waals surface area contributed by atoms with Gasteiger partial charge < -0.3 is 13.9 Å². The average molecular weight is 473 g/mol. The number of furan rings is 1. The van der Waals surface area contributed by atoms with Crippen molar-refractivity contribution < 1.29 is 27.1 Å². The number of nitrogens with zero attached hydrogens (tertiary/aromatic N) is 2. The number of hydrogen-bond donors (Lipinski definition) is 0. The summed E-state index contributed by atoms with van der Waals surface area (Å²) < 4.78 is 40.7. The molecule has 0 unspecified atom stereocenters. The van der Waals surface area contributed by atoms with E-state index in [4.69, 9.17) is 13.9 Å². The van der Waals surface area contributed by atoms with E-state index in [9.17, 15) is 13.2 Å². The number of anilines is 1. The number of sulfone groups is 1. The number of methoxy groups -OCH3 is 2. The summed E-state index contributed by atoms with van der Waals surface area (Å²) in [5.74, 6) is 0.944. The molecule has 2 aromatic heterocycles. The number of ether oxygens (including phenoxy) is 2. The van der Waals surface area contributed by atoms with Gasteiger partial charge in [-0.3, -0.25) is 9.69 Å². The van der Waals surface area contributed by atoms with Crippen LogP contribution >= 0.6 is 11.3 Å². The molecule has 0 fully saturated rings. The SMILES string of the molecule is COc1cccc(C(=O)N(Cc2ccco2)c2nc3ccc(S(C)(=O)=O)cc3s2)c1OC. The second kappa shape index (κ2) is 8.64. The van der Waals surface area contributed by atoms with Gasteiger partial charge in [-0.25, -0.2) is 13.4 Å². The maximum Gasteiger partial charge on any atom is 0.264 e. The van der Waals surface area contributed by atoms with Gasteiger partial charge in [-0.2, -0.15) is 0 Å². The van der Waals surface area contributed by atoms with Crippen molar-refractivity contribution in [2.45, 2.75) is 11.4 Å². The van der Waals surface area contributed by atoms with Gasteiger partial charge in [0.1, 0.15) is 5.76 Å². The molecule has 32 heavy (non-hydrogen) atoms. The predicted molar refractivity (Wildman–Crippen MR) is 121 cm³/mol. The van der Waals surface area contributed by atoms with Crippen molar-refractivity contribution in [2.24, 2.45) is 0 Å². The molecule has 0 saturated carbocycles. The number of amides is 1. The maximum atomic E-state index is 13.6. The zero-order valence-corrected chi connectivity index (χ0v) is 19.2. The van der Waals surface area contributed by atoms with Crippen molar-refractivity contribution in [3.63, 3.8) is 0 Å². The van der Waals surface area contributed by atoms with Crippen LogP contribution in [0.15, 0.2) is 64.1 Å². The van der Waals surface area contributed by atoms with Gasteiger partial charge in [0.2, 0.25) is 0 Å². The van der Waals surface area contributed by atoms with Crippen molar-refractivity contribution in [1.82, 2.24) is 4.98 Å². The summed E-state index contributed by atoms with van der Waals surface area (Å²) in [7, 11) is -0.402. The summed E-state index contributed by atoms with van der Waals surface area (Å²) in [6, 6.07) is 13.3. The molecule has 0 saturated heterocycles. The Morgan fingerprint density at radius 2 is 1.94 bits per heavy atom. The molecule has 166 valence electrons. The van der Waals surface area contributed by atoms with Gasteiger partial charge in [-0.1, -0.05) is 17.4 Å². The van der Waals surface area contributed by atoms with Crippen LogP contribution in [0.4, 0.5) is 5.13 Å². The molecule has 8 nitrogen and oxygen atoms in total. The van der Waals surface area contributed by atoms with E-state index in [0.29, 0.717) is 38.2 Å². The summed E-state index contributed by atoms with van der Waals surface area (Å²) in [6.07, 6.45) is 2.68. The lowest BCUT2D eigenvalue weighted by Gasteiger charge is -2.20. The summed E-state index contributed by atoms with van der Waals surface area (Å²) in [5.41, 5.74) is 0.890. The Balaban J connectivity index is 1.82. The zero-order valence-electron chi connectivity index (χ0n) is 17.6. The molecule has 0 spiro atoms. The van der Waals surface area contributed by atoms with E-state index < -0.39 is 9.84 Å². The molecule has 2 heterocycles. The minimum absolute atomic E-state index is 0.130. The van der Waals surface area contributed by atoms with Crippen molar-refractivity contribution >= 4 is 42.4 Å². The van der Waals surface area contributed by atoms with E-state index >= 15 is 0 Å². The number of para-hydroxylation sites is 1. The molecule has 10 heteroatoms. The first-order valence-corrected chi connectivity index (χ1v) is 12.2. The minimum Gasteiger partial charge on any atom is -0.493 e. The van der Waals surface area contributed by atoms with Crippen LogP contribution in [0.2, 0.25) is 0 Å². The van der Waals surface area contributed by atoms with E-state index in [1.807, 2.05) is 0 Å². The summed E-state index contributed by atoms with van der Waals surface area (Å²) in [4.78, 5) is 19.9. The third kappa shape index (κ3) is 4.19. The molecule has 1 amide bonds. The van der Waals surface area contributed by atoms with Crippen LogP contribution in [0, 0.1) is 0 Å².